The van der Waals surface area contributed by atoms with Gasteiger partial charge in [0.1, 0.15) is 23.7 Å². The lowest BCUT2D eigenvalue weighted by atomic mass is 10.0. The number of ether oxygens (including phenoxy) is 1. The standard InChI is InChI=1S/C32H31FN8O2/c1-18(2)32(42)35-22-13-20(16-34-17-22)25-8-9-27-29(36-25)30(40-39-27)31-37-26-7-5-6-24(28(26)38-31)19-12-21(33)15-23(14-19)43-11-10-41(3)4/h5-9,12-18H,10-11H2,1-4H3,(H,35,42)(H,37,38)(H,39,40). The van der Waals surface area contributed by atoms with Crippen LogP contribution in [0, 0.1) is 11.7 Å². The van der Waals surface area contributed by atoms with Crippen molar-refractivity contribution in [2.75, 3.05) is 32.6 Å². The number of fused-ring (bicyclic) bond motifs is 2. The van der Waals surface area contributed by atoms with Crippen LogP contribution in [0.2, 0.25) is 0 Å². The average Bonchev–Trinajstić information content (AvgIpc) is 3.60. The van der Waals surface area contributed by atoms with Gasteiger partial charge in [0, 0.05) is 35.9 Å². The molecule has 0 saturated heterocycles. The molecule has 0 atom stereocenters. The van der Waals surface area contributed by atoms with Gasteiger partial charge in [-0.25, -0.2) is 14.4 Å². The molecule has 0 unspecified atom stereocenters. The van der Waals surface area contributed by atoms with Crippen molar-refractivity contribution in [2.45, 2.75) is 13.8 Å². The maximum absolute atomic E-state index is 14.6. The van der Waals surface area contributed by atoms with Crippen LogP contribution in [-0.4, -0.2) is 68.2 Å². The fourth-order valence-electron chi connectivity index (χ4n) is 4.68. The van der Waals surface area contributed by atoms with E-state index in [9.17, 15) is 9.18 Å². The minimum atomic E-state index is -0.387. The summed E-state index contributed by atoms with van der Waals surface area (Å²) in [7, 11) is 3.92. The summed E-state index contributed by atoms with van der Waals surface area (Å²) in [5.41, 5.74) is 6.79. The van der Waals surface area contributed by atoms with E-state index in [2.05, 4.69) is 25.5 Å². The lowest BCUT2D eigenvalue weighted by Crippen LogP contribution is -2.19. The smallest absolute Gasteiger partial charge is 0.226 e. The maximum Gasteiger partial charge on any atom is 0.226 e. The van der Waals surface area contributed by atoms with Crippen molar-refractivity contribution in [1.82, 2.24) is 35.0 Å². The van der Waals surface area contributed by atoms with Crippen molar-refractivity contribution >= 4 is 33.7 Å². The summed E-state index contributed by atoms with van der Waals surface area (Å²) >= 11 is 0. The van der Waals surface area contributed by atoms with Gasteiger partial charge in [-0.1, -0.05) is 26.0 Å². The molecule has 10 nitrogen and oxygen atoms in total. The van der Waals surface area contributed by atoms with E-state index in [4.69, 9.17) is 14.7 Å². The second-order valence-electron chi connectivity index (χ2n) is 10.9. The number of para-hydroxylation sites is 1. The molecule has 6 rings (SSSR count). The SMILES string of the molecule is CC(C)C(=O)Nc1cncc(-c2ccc3[nH]nc(-c4nc5c(-c6cc(F)cc(OCCN(C)C)c6)cccc5[nH]4)c3n2)c1. The van der Waals surface area contributed by atoms with E-state index in [0.717, 1.165) is 22.2 Å². The molecule has 4 heterocycles. The Morgan fingerprint density at radius 1 is 1.00 bits per heavy atom. The van der Waals surface area contributed by atoms with Crippen LogP contribution >= 0.6 is 0 Å². The van der Waals surface area contributed by atoms with E-state index < -0.39 is 0 Å². The van der Waals surface area contributed by atoms with Crippen molar-refractivity contribution < 1.29 is 13.9 Å². The Bertz CT molecular complexity index is 1950. The largest absolute Gasteiger partial charge is 0.492 e. The number of halogens is 1. The summed E-state index contributed by atoms with van der Waals surface area (Å²) in [6.07, 6.45) is 3.30. The number of H-pyrrole nitrogens is 2. The van der Waals surface area contributed by atoms with Crippen molar-refractivity contribution in [3.63, 3.8) is 0 Å². The van der Waals surface area contributed by atoms with E-state index >= 15 is 0 Å². The van der Waals surface area contributed by atoms with Crippen molar-refractivity contribution in [2.24, 2.45) is 5.92 Å². The molecule has 0 radical (unpaired) electrons. The molecule has 6 aromatic rings. The van der Waals surface area contributed by atoms with Crippen LogP contribution in [0.15, 0.2) is 67.0 Å². The minimum absolute atomic E-state index is 0.0879. The Morgan fingerprint density at radius 3 is 2.67 bits per heavy atom. The van der Waals surface area contributed by atoms with Crippen molar-refractivity contribution in [3.8, 4) is 39.7 Å². The van der Waals surface area contributed by atoms with Crippen LogP contribution in [0.5, 0.6) is 5.75 Å². The second-order valence-corrected chi connectivity index (χ2v) is 10.9. The normalized spacial score (nSPS) is 11.6. The highest BCUT2D eigenvalue weighted by Gasteiger charge is 2.18. The average molecular weight is 579 g/mol. The number of carbonyl (C=O) groups is 1. The zero-order valence-corrected chi connectivity index (χ0v) is 24.3. The van der Waals surface area contributed by atoms with Gasteiger partial charge in [-0.15, -0.1) is 0 Å². The summed E-state index contributed by atoms with van der Waals surface area (Å²) in [6, 6.07) is 16.0. The number of carbonyl (C=O) groups excluding carboxylic acids is 1. The third-order valence-electron chi connectivity index (χ3n) is 6.96. The molecular formula is C32H31FN8O2. The van der Waals surface area contributed by atoms with E-state index in [-0.39, 0.29) is 17.6 Å². The first-order valence-corrected chi connectivity index (χ1v) is 13.9. The van der Waals surface area contributed by atoms with Gasteiger partial charge < -0.3 is 19.9 Å². The van der Waals surface area contributed by atoms with E-state index in [0.29, 0.717) is 58.4 Å². The number of anilines is 1. The Hall–Kier alpha value is -5.16. The Morgan fingerprint density at radius 2 is 1.86 bits per heavy atom. The number of aromatic amines is 2. The Labute approximate surface area is 247 Å². The predicted octanol–water partition coefficient (Wildman–Crippen LogP) is 5.90. The summed E-state index contributed by atoms with van der Waals surface area (Å²) in [5.74, 6) is 0.355. The number of aromatic nitrogens is 6. The lowest BCUT2D eigenvalue weighted by Gasteiger charge is -2.12. The third kappa shape index (κ3) is 5.93. The van der Waals surface area contributed by atoms with Gasteiger partial charge in [0.2, 0.25) is 5.91 Å². The molecule has 0 bridgehead atoms. The molecule has 0 aliphatic rings. The Kier molecular flexibility index (Phi) is 7.56. The molecule has 11 heteroatoms. The van der Waals surface area contributed by atoms with Gasteiger partial charge in [-0.2, -0.15) is 5.10 Å². The zero-order valence-electron chi connectivity index (χ0n) is 24.3. The van der Waals surface area contributed by atoms with Crippen molar-refractivity contribution in [3.05, 3.63) is 72.8 Å². The topological polar surface area (TPSA) is 125 Å². The highest BCUT2D eigenvalue weighted by atomic mass is 19.1. The van der Waals surface area contributed by atoms with Gasteiger partial charge in [0.15, 0.2) is 11.5 Å². The third-order valence-corrected chi connectivity index (χ3v) is 6.96. The molecule has 43 heavy (non-hydrogen) atoms. The van der Waals surface area contributed by atoms with Crippen molar-refractivity contribution in [1.29, 1.82) is 0 Å². The Balaban J connectivity index is 1.36. The number of likely N-dealkylation sites (N-methyl/N-ethyl adjacent to an activating group) is 1. The van der Waals surface area contributed by atoms with Gasteiger partial charge in [-0.3, -0.25) is 14.9 Å². The molecule has 4 aromatic heterocycles. The maximum atomic E-state index is 14.6. The number of pyridine rings is 2. The number of amides is 1. The van der Waals surface area contributed by atoms with Crippen LogP contribution in [0.3, 0.4) is 0 Å². The number of hydrogen-bond acceptors (Lipinski definition) is 7. The quantitative estimate of drug-likeness (QED) is 0.195. The van der Waals surface area contributed by atoms with E-state index in [1.807, 2.05) is 75.3 Å². The molecule has 0 saturated carbocycles. The number of nitrogens with zero attached hydrogens (tertiary/aromatic N) is 5. The first-order valence-electron chi connectivity index (χ1n) is 13.9. The van der Waals surface area contributed by atoms with Gasteiger partial charge in [0.25, 0.3) is 0 Å². The molecule has 218 valence electrons. The molecule has 1 amide bonds. The number of nitrogens with one attached hydrogen (secondary N) is 3. The first kappa shape index (κ1) is 28.0. The predicted molar refractivity (Wildman–Crippen MR) is 165 cm³/mol. The van der Waals surface area contributed by atoms with Crippen LogP contribution in [0.25, 0.3) is 56.0 Å². The molecule has 0 aliphatic heterocycles. The van der Waals surface area contributed by atoms with Crippen LogP contribution in [0.1, 0.15) is 13.8 Å². The van der Waals surface area contributed by atoms with Gasteiger partial charge in [-0.05, 0) is 56.1 Å². The molecule has 0 fully saturated rings. The fourth-order valence-corrected chi connectivity index (χ4v) is 4.68. The minimum Gasteiger partial charge on any atom is -0.492 e. The highest BCUT2D eigenvalue weighted by Crippen LogP contribution is 2.34. The highest BCUT2D eigenvalue weighted by molar-refractivity contribution is 5.97. The summed E-state index contributed by atoms with van der Waals surface area (Å²) in [6.45, 7) is 4.83. The molecular weight excluding hydrogens is 547 g/mol. The van der Waals surface area contributed by atoms with Gasteiger partial charge >= 0.3 is 0 Å². The summed E-state index contributed by atoms with van der Waals surface area (Å²) in [5, 5.41) is 10.4. The van der Waals surface area contributed by atoms with Crippen LogP contribution < -0.4 is 10.1 Å². The fraction of sp³-hybridized carbons (Fsp3) is 0.219. The summed E-state index contributed by atoms with van der Waals surface area (Å²) in [4.78, 5) is 31.6. The molecule has 2 aromatic carbocycles. The number of rotatable bonds is 9. The zero-order chi connectivity index (χ0) is 30.1. The second kappa shape index (κ2) is 11.6. The van der Waals surface area contributed by atoms with E-state index in [1.54, 1.807) is 12.4 Å². The van der Waals surface area contributed by atoms with Crippen LogP contribution in [-0.2, 0) is 4.79 Å². The molecule has 3 N–H and O–H groups in total. The number of imidazole rings is 1. The number of hydrogen-bond donors (Lipinski definition) is 3. The number of benzene rings is 2. The first-order chi connectivity index (χ1) is 20.7. The molecule has 0 spiro atoms. The summed E-state index contributed by atoms with van der Waals surface area (Å²) < 4.78 is 20.4. The van der Waals surface area contributed by atoms with E-state index in [1.165, 1.54) is 12.1 Å². The lowest BCUT2D eigenvalue weighted by molar-refractivity contribution is -0.118. The van der Waals surface area contributed by atoms with Crippen LogP contribution in [0.4, 0.5) is 10.1 Å². The van der Waals surface area contributed by atoms with Gasteiger partial charge in [0.05, 0.1) is 34.1 Å². The monoisotopic (exact) mass is 578 g/mol. The molecule has 0 aliphatic carbocycles.